The van der Waals surface area contributed by atoms with Crippen LogP contribution >= 0.6 is 0 Å². The summed E-state index contributed by atoms with van der Waals surface area (Å²) in [5, 5.41) is 0. The number of carbonyl (C=O) groups is 1. The number of hydrogen-bond acceptors (Lipinski definition) is 4. The molecule has 1 amide bonds. The van der Waals surface area contributed by atoms with Crippen LogP contribution in [0, 0.1) is 6.92 Å². The van der Waals surface area contributed by atoms with E-state index in [4.69, 9.17) is 4.74 Å². The van der Waals surface area contributed by atoms with Gasteiger partial charge in [0.05, 0.1) is 5.69 Å². The predicted octanol–water partition coefficient (Wildman–Crippen LogP) is 3.09. The van der Waals surface area contributed by atoms with E-state index in [9.17, 15) is 4.79 Å². The minimum Gasteiger partial charge on any atom is -0.444 e. The van der Waals surface area contributed by atoms with E-state index in [1.54, 1.807) is 0 Å². The monoisotopic (exact) mass is 330 g/mol. The first-order valence-electron chi connectivity index (χ1n) is 8.44. The van der Waals surface area contributed by atoms with Crippen molar-refractivity contribution < 1.29 is 9.53 Å². The van der Waals surface area contributed by atoms with Gasteiger partial charge in [-0.2, -0.15) is 0 Å². The molecule has 0 N–H and O–H groups in total. The lowest BCUT2D eigenvalue weighted by molar-refractivity contribution is 0.0158. The molecule has 6 heteroatoms. The van der Waals surface area contributed by atoms with Crippen LogP contribution in [0.2, 0.25) is 0 Å². The van der Waals surface area contributed by atoms with Gasteiger partial charge < -0.3 is 14.5 Å². The predicted molar refractivity (Wildman–Crippen MR) is 94.5 cm³/mol. The number of aromatic nitrogens is 2. The topological polar surface area (TPSA) is 50.1 Å². The largest absolute Gasteiger partial charge is 0.444 e. The zero-order chi connectivity index (χ0) is 17.5. The molecule has 130 valence electrons. The number of carbonyl (C=O) groups excluding carboxylic acids is 1. The molecule has 0 saturated carbocycles. The van der Waals surface area contributed by atoms with Crippen LogP contribution in [0.15, 0.2) is 24.4 Å². The van der Waals surface area contributed by atoms with E-state index < -0.39 is 5.60 Å². The maximum Gasteiger partial charge on any atom is 0.410 e. The molecule has 0 radical (unpaired) electrons. The van der Waals surface area contributed by atoms with E-state index >= 15 is 0 Å². The van der Waals surface area contributed by atoms with Crippen molar-refractivity contribution in [3.05, 3.63) is 30.1 Å². The van der Waals surface area contributed by atoms with Crippen LogP contribution in [0.3, 0.4) is 0 Å². The summed E-state index contributed by atoms with van der Waals surface area (Å²) < 4.78 is 7.63. The third-order valence-corrected chi connectivity index (χ3v) is 4.17. The molecule has 1 aliphatic heterocycles. The Hall–Kier alpha value is -2.24. The Balaban J connectivity index is 1.76. The maximum atomic E-state index is 12.4. The Labute approximate surface area is 143 Å². The Morgan fingerprint density at radius 3 is 2.71 bits per heavy atom. The van der Waals surface area contributed by atoms with Gasteiger partial charge in [0.25, 0.3) is 0 Å². The fourth-order valence-electron chi connectivity index (χ4n) is 3.13. The Bertz CT molecular complexity index is 747. The summed E-state index contributed by atoms with van der Waals surface area (Å²) in [6.07, 6.45) is 1.82. The van der Waals surface area contributed by atoms with Crippen LogP contribution in [-0.2, 0) is 4.74 Å². The highest BCUT2D eigenvalue weighted by Gasteiger charge is 2.31. The first-order valence-corrected chi connectivity index (χ1v) is 8.44. The van der Waals surface area contributed by atoms with Gasteiger partial charge in [-0.1, -0.05) is 6.07 Å². The van der Waals surface area contributed by atoms with Crippen LogP contribution in [0.4, 0.5) is 10.6 Å². The minimum absolute atomic E-state index is 0.0912. The molecule has 3 heterocycles. The lowest BCUT2D eigenvalue weighted by Gasteiger charge is -2.41. The fourth-order valence-corrected chi connectivity index (χ4v) is 3.13. The molecular weight excluding hydrogens is 304 g/mol. The number of imidazole rings is 1. The van der Waals surface area contributed by atoms with Crippen molar-refractivity contribution in [3.8, 4) is 0 Å². The van der Waals surface area contributed by atoms with E-state index in [1.807, 2.05) is 44.7 Å². The molecule has 2 aromatic rings. The third-order valence-electron chi connectivity index (χ3n) is 4.17. The van der Waals surface area contributed by atoms with Gasteiger partial charge in [0, 0.05) is 31.9 Å². The molecule has 3 rings (SSSR count). The first kappa shape index (κ1) is 16.6. The maximum absolute atomic E-state index is 12.4. The lowest BCUT2D eigenvalue weighted by Crippen LogP contribution is -2.55. The van der Waals surface area contributed by atoms with Gasteiger partial charge in [0.1, 0.15) is 17.1 Å². The van der Waals surface area contributed by atoms with Crippen molar-refractivity contribution in [2.45, 2.75) is 46.3 Å². The van der Waals surface area contributed by atoms with E-state index in [0.29, 0.717) is 6.54 Å². The zero-order valence-electron chi connectivity index (χ0n) is 15.1. The molecule has 0 bridgehead atoms. The molecule has 1 saturated heterocycles. The molecule has 1 atom stereocenters. The van der Waals surface area contributed by atoms with Gasteiger partial charge in [-0.25, -0.2) is 9.78 Å². The number of anilines is 1. The molecular formula is C18H26N4O2. The third kappa shape index (κ3) is 3.32. The highest BCUT2D eigenvalue weighted by atomic mass is 16.6. The van der Waals surface area contributed by atoms with Crippen LogP contribution < -0.4 is 4.90 Å². The molecule has 2 aromatic heterocycles. The Morgan fingerprint density at radius 2 is 2.04 bits per heavy atom. The molecule has 6 nitrogen and oxygen atoms in total. The van der Waals surface area contributed by atoms with Gasteiger partial charge in [0.15, 0.2) is 0 Å². The van der Waals surface area contributed by atoms with Crippen molar-refractivity contribution in [2.24, 2.45) is 0 Å². The molecule has 1 unspecified atom stereocenters. The quantitative estimate of drug-likeness (QED) is 0.806. The van der Waals surface area contributed by atoms with Gasteiger partial charge in [-0.3, -0.25) is 4.40 Å². The summed E-state index contributed by atoms with van der Waals surface area (Å²) in [5.41, 5.74) is 1.49. The SMILES string of the molecule is Cc1cn2c(N3CCN(C(=O)OC(C)(C)C)C(C)C3)cccc2n1. The number of ether oxygens (including phenoxy) is 1. The second-order valence-electron chi connectivity index (χ2n) is 7.46. The molecule has 24 heavy (non-hydrogen) atoms. The standard InChI is InChI=1S/C18H26N4O2/c1-13-11-22-15(19-13)7-6-8-16(22)20-9-10-21(14(2)12-20)17(23)24-18(3,4)5/h6-8,11,14H,9-10,12H2,1-5H3. The second-order valence-corrected chi connectivity index (χ2v) is 7.46. The Kier molecular flexibility index (Phi) is 4.15. The van der Waals surface area contributed by atoms with Crippen LogP contribution in [-0.4, -0.2) is 51.7 Å². The highest BCUT2D eigenvalue weighted by Crippen LogP contribution is 2.22. The first-order chi connectivity index (χ1) is 11.2. The Morgan fingerprint density at radius 1 is 1.29 bits per heavy atom. The highest BCUT2D eigenvalue weighted by molar-refractivity contribution is 5.69. The number of fused-ring (bicyclic) bond motifs is 1. The summed E-state index contributed by atoms with van der Waals surface area (Å²) in [6, 6.07) is 6.23. The average Bonchev–Trinajstić information content (AvgIpc) is 2.85. The number of amides is 1. The normalized spacial score (nSPS) is 19.0. The number of nitrogens with zero attached hydrogens (tertiary/aromatic N) is 4. The van der Waals surface area contributed by atoms with Gasteiger partial charge in [-0.05, 0) is 46.8 Å². The average molecular weight is 330 g/mol. The smallest absolute Gasteiger partial charge is 0.410 e. The van der Waals surface area contributed by atoms with Crippen molar-refractivity contribution in [1.82, 2.24) is 14.3 Å². The fraction of sp³-hybridized carbons (Fsp3) is 0.556. The van der Waals surface area contributed by atoms with E-state index in [2.05, 4.69) is 33.5 Å². The van der Waals surface area contributed by atoms with Crippen molar-refractivity contribution in [1.29, 1.82) is 0 Å². The number of aryl methyl sites for hydroxylation is 1. The molecule has 0 aromatic carbocycles. The van der Waals surface area contributed by atoms with Crippen molar-refractivity contribution in [3.63, 3.8) is 0 Å². The number of hydrogen-bond donors (Lipinski definition) is 0. The zero-order valence-corrected chi connectivity index (χ0v) is 15.1. The molecule has 1 fully saturated rings. The number of piperazine rings is 1. The van der Waals surface area contributed by atoms with E-state index in [-0.39, 0.29) is 12.1 Å². The second kappa shape index (κ2) is 6.00. The summed E-state index contributed by atoms with van der Waals surface area (Å²) >= 11 is 0. The van der Waals surface area contributed by atoms with Crippen molar-refractivity contribution >= 4 is 17.6 Å². The van der Waals surface area contributed by atoms with Gasteiger partial charge in [-0.15, -0.1) is 0 Å². The summed E-state index contributed by atoms with van der Waals surface area (Å²) in [7, 11) is 0. The van der Waals surface area contributed by atoms with Crippen LogP contribution in [0.25, 0.3) is 5.65 Å². The summed E-state index contributed by atoms with van der Waals surface area (Å²) in [5.74, 6) is 1.11. The summed E-state index contributed by atoms with van der Waals surface area (Å²) in [6.45, 7) is 12.0. The number of pyridine rings is 1. The summed E-state index contributed by atoms with van der Waals surface area (Å²) in [4.78, 5) is 21.0. The molecule has 0 aliphatic carbocycles. The van der Waals surface area contributed by atoms with Gasteiger partial charge >= 0.3 is 6.09 Å². The molecule has 1 aliphatic rings. The van der Waals surface area contributed by atoms with Crippen molar-refractivity contribution in [2.75, 3.05) is 24.5 Å². The molecule has 0 spiro atoms. The van der Waals surface area contributed by atoms with E-state index in [1.165, 1.54) is 0 Å². The minimum atomic E-state index is -0.464. The van der Waals surface area contributed by atoms with E-state index in [0.717, 1.165) is 30.2 Å². The number of rotatable bonds is 1. The van der Waals surface area contributed by atoms with Gasteiger partial charge in [0.2, 0.25) is 0 Å². The van der Waals surface area contributed by atoms with Crippen LogP contribution in [0.1, 0.15) is 33.4 Å². The van der Waals surface area contributed by atoms with Crippen LogP contribution in [0.5, 0.6) is 0 Å². The lowest BCUT2D eigenvalue weighted by atomic mass is 10.2.